The highest BCUT2D eigenvalue weighted by molar-refractivity contribution is 9.10. The standard InChI is InChI=1S/C18H20BrN3O3/c1-18(2)12-22(8-9-24-18)17(23)21-14-6-7-16(20-11-14)25-15-5-3-4-13(19)10-15/h3-7,10-11H,8-9,12H2,1-2H3,(H,21,23). The number of ether oxygens (including phenoxy) is 2. The monoisotopic (exact) mass is 405 g/mol. The van der Waals surface area contributed by atoms with Gasteiger partial charge in [-0.3, -0.25) is 0 Å². The summed E-state index contributed by atoms with van der Waals surface area (Å²) in [5.74, 6) is 1.15. The lowest BCUT2D eigenvalue weighted by Gasteiger charge is -2.38. The predicted molar refractivity (Wildman–Crippen MR) is 99.1 cm³/mol. The van der Waals surface area contributed by atoms with Crippen molar-refractivity contribution in [3.8, 4) is 11.6 Å². The molecule has 2 aromatic rings. The second-order valence-electron chi connectivity index (χ2n) is 6.40. The molecule has 1 aromatic heterocycles. The molecule has 0 atom stereocenters. The SMILES string of the molecule is CC1(C)CN(C(=O)Nc2ccc(Oc3cccc(Br)c3)nc2)CCO1. The Morgan fingerprint density at radius 3 is 2.88 bits per heavy atom. The summed E-state index contributed by atoms with van der Waals surface area (Å²) in [5, 5.41) is 2.86. The van der Waals surface area contributed by atoms with Gasteiger partial charge in [0.2, 0.25) is 5.88 Å². The van der Waals surface area contributed by atoms with Crippen LogP contribution in [0.3, 0.4) is 0 Å². The number of pyridine rings is 1. The number of rotatable bonds is 3. The van der Waals surface area contributed by atoms with Crippen molar-refractivity contribution in [1.29, 1.82) is 0 Å². The largest absolute Gasteiger partial charge is 0.439 e. The summed E-state index contributed by atoms with van der Waals surface area (Å²) in [6.45, 7) is 5.62. The second-order valence-corrected chi connectivity index (χ2v) is 7.32. The van der Waals surface area contributed by atoms with Crippen molar-refractivity contribution >= 4 is 27.6 Å². The molecule has 1 saturated heterocycles. The molecule has 0 radical (unpaired) electrons. The van der Waals surface area contributed by atoms with Gasteiger partial charge in [-0.2, -0.15) is 0 Å². The lowest BCUT2D eigenvalue weighted by atomic mass is 10.1. The third-order valence-electron chi connectivity index (χ3n) is 3.72. The van der Waals surface area contributed by atoms with E-state index in [2.05, 4.69) is 26.2 Å². The van der Waals surface area contributed by atoms with Gasteiger partial charge in [0.25, 0.3) is 0 Å². The third-order valence-corrected chi connectivity index (χ3v) is 4.21. The Morgan fingerprint density at radius 1 is 1.36 bits per heavy atom. The Hall–Kier alpha value is -2.12. The Kier molecular flexibility index (Phi) is 5.24. The number of benzene rings is 1. The molecular formula is C18H20BrN3O3. The molecule has 2 heterocycles. The molecule has 0 aliphatic carbocycles. The number of carbonyl (C=O) groups excluding carboxylic acids is 1. The van der Waals surface area contributed by atoms with E-state index in [1.165, 1.54) is 0 Å². The van der Waals surface area contributed by atoms with Crippen LogP contribution in [-0.4, -0.2) is 41.2 Å². The van der Waals surface area contributed by atoms with Crippen molar-refractivity contribution in [3.05, 3.63) is 47.1 Å². The van der Waals surface area contributed by atoms with E-state index in [0.717, 1.165) is 4.47 Å². The summed E-state index contributed by atoms with van der Waals surface area (Å²) >= 11 is 3.40. The van der Waals surface area contributed by atoms with Crippen LogP contribution in [0.25, 0.3) is 0 Å². The van der Waals surface area contributed by atoms with Gasteiger partial charge in [-0.05, 0) is 38.1 Å². The quantitative estimate of drug-likeness (QED) is 0.827. The average molecular weight is 406 g/mol. The van der Waals surface area contributed by atoms with E-state index in [0.29, 0.717) is 37.0 Å². The maximum absolute atomic E-state index is 12.4. The van der Waals surface area contributed by atoms with Gasteiger partial charge in [-0.15, -0.1) is 0 Å². The number of urea groups is 1. The van der Waals surface area contributed by atoms with Crippen LogP contribution in [0.1, 0.15) is 13.8 Å². The van der Waals surface area contributed by atoms with Crippen LogP contribution in [0.2, 0.25) is 0 Å². The number of aromatic nitrogens is 1. The van der Waals surface area contributed by atoms with Gasteiger partial charge in [-0.25, -0.2) is 9.78 Å². The molecule has 0 unspecified atom stereocenters. The molecule has 3 rings (SSSR count). The van der Waals surface area contributed by atoms with E-state index in [4.69, 9.17) is 9.47 Å². The summed E-state index contributed by atoms with van der Waals surface area (Å²) in [7, 11) is 0. The zero-order valence-electron chi connectivity index (χ0n) is 14.2. The zero-order chi connectivity index (χ0) is 17.9. The Balaban J connectivity index is 1.59. The Morgan fingerprint density at radius 2 is 2.20 bits per heavy atom. The minimum absolute atomic E-state index is 0.154. The molecule has 7 heteroatoms. The van der Waals surface area contributed by atoms with E-state index in [9.17, 15) is 4.79 Å². The highest BCUT2D eigenvalue weighted by Crippen LogP contribution is 2.24. The molecule has 1 aromatic carbocycles. The number of carbonyl (C=O) groups is 1. The Labute approximate surface area is 155 Å². The number of nitrogens with zero attached hydrogens (tertiary/aromatic N) is 2. The van der Waals surface area contributed by atoms with Crippen LogP contribution in [-0.2, 0) is 4.74 Å². The number of nitrogens with one attached hydrogen (secondary N) is 1. The molecule has 132 valence electrons. The van der Waals surface area contributed by atoms with E-state index in [1.807, 2.05) is 38.1 Å². The number of amides is 2. The molecule has 1 fully saturated rings. The molecule has 1 N–H and O–H groups in total. The maximum atomic E-state index is 12.4. The molecule has 0 bridgehead atoms. The number of halogens is 1. The minimum atomic E-state index is -0.324. The molecule has 6 nitrogen and oxygen atoms in total. The normalized spacial score (nSPS) is 16.4. The van der Waals surface area contributed by atoms with Crippen LogP contribution in [0.4, 0.5) is 10.5 Å². The molecular weight excluding hydrogens is 386 g/mol. The number of morpholine rings is 1. The van der Waals surface area contributed by atoms with Gasteiger partial charge in [0.15, 0.2) is 0 Å². The summed E-state index contributed by atoms with van der Waals surface area (Å²) in [5.41, 5.74) is 0.297. The van der Waals surface area contributed by atoms with Crippen LogP contribution in [0.15, 0.2) is 47.1 Å². The van der Waals surface area contributed by atoms with Crippen molar-refractivity contribution in [3.63, 3.8) is 0 Å². The van der Waals surface area contributed by atoms with Gasteiger partial charge in [0.05, 0.1) is 30.6 Å². The predicted octanol–water partition coefficient (Wildman–Crippen LogP) is 4.28. The molecule has 0 spiro atoms. The second kappa shape index (κ2) is 7.41. The van der Waals surface area contributed by atoms with E-state index in [1.54, 1.807) is 23.2 Å². The van der Waals surface area contributed by atoms with Gasteiger partial charge in [0.1, 0.15) is 5.75 Å². The summed E-state index contributed by atoms with van der Waals surface area (Å²) in [6.07, 6.45) is 1.58. The van der Waals surface area contributed by atoms with Crippen molar-refractivity contribution in [2.45, 2.75) is 19.4 Å². The minimum Gasteiger partial charge on any atom is -0.439 e. The summed E-state index contributed by atoms with van der Waals surface area (Å²) in [4.78, 5) is 18.3. The van der Waals surface area contributed by atoms with Crippen molar-refractivity contribution in [2.75, 3.05) is 25.0 Å². The van der Waals surface area contributed by atoms with E-state index < -0.39 is 0 Å². The van der Waals surface area contributed by atoms with Gasteiger partial charge in [-0.1, -0.05) is 22.0 Å². The lowest BCUT2D eigenvalue weighted by molar-refractivity contribution is -0.0720. The maximum Gasteiger partial charge on any atom is 0.322 e. The van der Waals surface area contributed by atoms with E-state index in [-0.39, 0.29) is 11.6 Å². The van der Waals surface area contributed by atoms with Crippen LogP contribution in [0.5, 0.6) is 11.6 Å². The molecule has 0 saturated carbocycles. The number of anilines is 1. The van der Waals surface area contributed by atoms with Crippen molar-refractivity contribution < 1.29 is 14.3 Å². The third kappa shape index (κ3) is 4.93. The molecule has 1 aliphatic heterocycles. The fourth-order valence-electron chi connectivity index (χ4n) is 2.56. The fraction of sp³-hybridized carbons (Fsp3) is 0.333. The fourth-order valence-corrected chi connectivity index (χ4v) is 2.94. The first-order chi connectivity index (χ1) is 11.9. The Bertz CT molecular complexity index is 749. The number of hydrogen-bond acceptors (Lipinski definition) is 4. The summed E-state index contributed by atoms with van der Waals surface area (Å²) in [6, 6.07) is 10.9. The summed E-state index contributed by atoms with van der Waals surface area (Å²) < 4.78 is 12.2. The highest BCUT2D eigenvalue weighted by atomic mass is 79.9. The van der Waals surface area contributed by atoms with Crippen molar-refractivity contribution in [2.24, 2.45) is 0 Å². The zero-order valence-corrected chi connectivity index (χ0v) is 15.7. The van der Waals surface area contributed by atoms with Crippen LogP contribution < -0.4 is 10.1 Å². The first-order valence-electron chi connectivity index (χ1n) is 8.01. The first kappa shape index (κ1) is 17.7. The van der Waals surface area contributed by atoms with E-state index >= 15 is 0 Å². The average Bonchev–Trinajstić information content (AvgIpc) is 2.56. The molecule has 2 amide bonds. The van der Waals surface area contributed by atoms with Crippen LogP contribution in [0, 0.1) is 0 Å². The van der Waals surface area contributed by atoms with Gasteiger partial charge >= 0.3 is 6.03 Å². The lowest BCUT2D eigenvalue weighted by Crippen LogP contribution is -2.51. The number of hydrogen-bond donors (Lipinski definition) is 1. The van der Waals surface area contributed by atoms with Crippen LogP contribution >= 0.6 is 15.9 Å². The van der Waals surface area contributed by atoms with Crippen molar-refractivity contribution in [1.82, 2.24) is 9.88 Å². The highest BCUT2D eigenvalue weighted by Gasteiger charge is 2.29. The topological polar surface area (TPSA) is 63.7 Å². The first-order valence-corrected chi connectivity index (χ1v) is 8.80. The molecule has 25 heavy (non-hydrogen) atoms. The smallest absolute Gasteiger partial charge is 0.322 e. The van der Waals surface area contributed by atoms with Gasteiger partial charge in [0, 0.05) is 17.1 Å². The van der Waals surface area contributed by atoms with Gasteiger partial charge < -0.3 is 19.7 Å². The molecule has 1 aliphatic rings.